The quantitative estimate of drug-likeness (QED) is 0.134. The molecule has 0 spiro atoms. The largest absolute Gasteiger partial charge is 0.481 e. The Kier molecular flexibility index (Phi) is 22.4. The molecule has 1 atom stereocenters. The lowest BCUT2D eigenvalue weighted by atomic mass is 9.94. The fraction of sp³-hybridized carbons (Fsp3) is 0.852. The van der Waals surface area contributed by atoms with Gasteiger partial charge in [-0.25, -0.2) is 0 Å². The number of Topliss-reactive ketones (excluding diaryl/α,β-unsaturated/α-hetero) is 1. The smallest absolute Gasteiger partial charge is 0.306 e. The molecule has 204 valence electrons. The first-order valence-electron chi connectivity index (χ1n) is 13.6. The average Bonchev–Trinajstić information content (AvgIpc) is 2.81. The number of hydrogen-bond donors (Lipinski definition) is 3. The van der Waals surface area contributed by atoms with Crippen LogP contribution in [0, 0.1) is 5.92 Å². The minimum Gasteiger partial charge on any atom is -0.481 e. The fourth-order valence-electron chi connectivity index (χ4n) is 4.10. The van der Waals surface area contributed by atoms with Crippen molar-refractivity contribution in [2.45, 2.75) is 122 Å². The molecule has 0 fully saturated rings. The maximum atomic E-state index is 12.2. The molecule has 0 heterocycles. The number of carbonyl (C=O) groups is 4. The number of carboxylic acid groups (broad SMARTS) is 2. The number of amides is 1. The van der Waals surface area contributed by atoms with Gasteiger partial charge in [-0.3, -0.25) is 19.2 Å². The van der Waals surface area contributed by atoms with Gasteiger partial charge in [-0.2, -0.15) is 0 Å². The summed E-state index contributed by atoms with van der Waals surface area (Å²) in [4.78, 5) is 45.7. The number of hydrogen-bond acceptors (Lipinski definition) is 5. The number of ether oxygens (including phenoxy) is 1. The lowest BCUT2D eigenvalue weighted by Crippen LogP contribution is -2.28. The molecule has 0 rings (SSSR count). The van der Waals surface area contributed by atoms with E-state index >= 15 is 0 Å². The number of nitrogens with one attached hydrogen (secondary N) is 1. The van der Waals surface area contributed by atoms with Gasteiger partial charge in [0.05, 0.1) is 12.5 Å². The van der Waals surface area contributed by atoms with Crippen LogP contribution in [-0.4, -0.2) is 54.1 Å². The number of rotatable bonds is 26. The van der Waals surface area contributed by atoms with E-state index < -0.39 is 17.9 Å². The van der Waals surface area contributed by atoms with Gasteiger partial charge >= 0.3 is 11.9 Å². The molecule has 0 aromatic carbocycles. The van der Waals surface area contributed by atoms with E-state index in [9.17, 15) is 24.3 Å². The highest BCUT2D eigenvalue weighted by molar-refractivity contribution is 5.84. The normalized spacial score (nSPS) is 11.8. The molecule has 0 aliphatic carbocycles. The van der Waals surface area contributed by atoms with Crippen LogP contribution in [0.1, 0.15) is 122 Å². The minimum atomic E-state index is -1.02. The molecule has 0 bridgehead atoms. The molecule has 0 radical (unpaired) electrons. The van der Waals surface area contributed by atoms with E-state index in [1.54, 1.807) is 7.11 Å². The third-order valence-electron chi connectivity index (χ3n) is 6.27. The zero-order chi connectivity index (χ0) is 26.2. The molecule has 0 aliphatic rings. The SMILES string of the molecule is COCCNC(=O)CC[C@H](CC(=O)CCCCCCCCCCCCCCCCC(=O)O)C(=O)O. The van der Waals surface area contributed by atoms with Gasteiger partial charge in [0.15, 0.2) is 0 Å². The van der Waals surface area contributed by atoms with Gasteiger partial charge in [0.1, 0.15) is 5.78 Å². The van der Waals surface area contributed by atoms with Crippen molar-refractivity contribution in [1.29, 1.82) is 0 Å². The third-order valence-corrected chi connectivity index (χ3v) is 6.27. The van der Waals surface area contributed by atoms with E-state index in [2.05, 4.69) is 5.32 Å². The number of carboxylic acids is 2. The first-order valence-corrected chi connectivity index (χ1v) is 13.6. The monoisotopic (exact) mass is 499 g/mol. The Morgan fingerprint density at radius 1 is 0.686 bits per heavy atom. The minimum absolute atomic E-state index is 0.00300. The summed E-state index contributed by atoms with van der Waals surface area (Å²) in [5.41, 5.74) is 0. The van der Waals surface area contributed by atoms with Gasteiger partial charge in [-0.15, -0.1) is 0 Å². The van der Waals surface area contributed by atoms with E-state index in [0.29, 0.717) is 26.0 Å². The topological polar surface area (TPSA) is 130 Å². The van der Waals surface area contributed by atoms with Gasteiger partial charge in [-0.05, 0) is 19.3 Å². The van der Waals surface area contributed by atoms with E-state index in [1.165, 1.54) is 51.4 Å². The maximum absolute atomic E-state index is 12.2. The summed E-state index contributed by atoms with van der Waals surface area (Å²) in [6.45, 7) is 0.803. The standard InChI is InChI=1S/C27H49NO7/c1-35-21-20-28-25(30)19-18-23(27(33)34)22-24(29)16-14-12-10-8-6-4-2-3-5-7-9-11-13-15-17-26(31)32/h23H,2-22H2,1H3,(H,28,30)(H,31,32)(H,33,34)/t23-/m1/s1. The van der Waals surface area contributed by atoms with Crippen LogP contribution in [0.4, 0.5) is 0 Å². The third kappa shape index (κ3) is 23.5. The van der Waals surface area contributed by atoms with Crippen LogP contribution in [0.3, 0.4) is 0 Å². The number of unbranched alkanes of at least 4 members (excludes halogenated alkanes) is 13. The van der Waals surface area contributed by atoms with Gasteiger partial charge in [-0.1, -0.05) is 77.0 Å². The number of carbonyl (C=O) groups excluding carboxylic acids is 2. The van der Waals surface area contributed by atoms with Crippen molar-refractivity contribution >= 4 is 23.6 Å². The summed E-state index contributed by atoms with van der Waals surface area (Å²) in [5.74, 6) is -2.76. The highest BCUT2D eigenvalue weighted by Gasteiger charge is 2.21. The summed E-state index contributed by atoms with van der Waals surface area (Å²) >= 11 is 0. The number of methoxy groups -OCH3 is 1. The Morgan fingerprint density at radius 3 is 1.57 bits per heavy atom. The van der Waals surface area contributed by atoms with Crippen molar-refractivity contribution in [3.05, 3.63) is 0 Å². The Balaban J connectivity index is 3.58. The van der Waals surface area contributed by atoms with Crippen molar-refractivity contribution in [3.8, 4) is 0 Å². The van der Waals surface area contributed by atoms with Gasteiger partial charge in [0.2, 0.25) is 5.91 Å². The molecular weight excluding hydrogens is 450 g/mol. The van der Waals surface area contributed by atoms with E-state index in [-0.39, 0.29) is 31.0 Å². The summed E-state index contributed by atoms with van der Waals surface area (Å²) in [6.07, 6.45) is 16.7. The van der Waals surface area contributed by atoms with Gasteiger partial charge in [0.25, 0.3) is 0 Å². The maximum Gasteiger partial charge on any atom is 0.306 e. The first kappa shape index (κ1) is 33.0. The highest BCUT2D eigenvalue weighted by Crippen LogP contribution is 2.17. The predicted octanol–water partition coefficient (Wildman–Crippen LogP) is 5.52. The molecule has 35 heavy (non-hydrogen) atoms. The highest BCUT2D eigenvalue weighted by atomic mass is 16.5. The predicted molar refractivity (Wildman–Crippen MR) is 136 cm³/mol. The molecular formula is C27H49NO7. The average molecular weight is 500 g/mol. The molecule has 0 aromatic rings. The molecule has 0 unspecified atom stereocenters. The Bertz CT molecular complexity index is 580. The molecule has 0 aliphatic heterocycles. The Labute approximate surface area is 211 Å². The first-order chi connectivity index (χ1) is 16.9. The van der Waals surface area contributed by atoms with Crippen LogP contribution in [0.15, 0.2) is 0 Å². The summed E-state index contributed by atoms with van der Waals surface area (Å²) in [5, 5.41) is 20.6. The summed E-state index contributed by atoms with van der Waals surface area (Å²) < 4.78 is 4.85. The fourth-order valence-corrected chi connectivity index (χ4v) is 4.10. The lowest BCUT2D eigenvalue weighted by Gasteiger charge is -2.11. The summed E-state index contributed by atoms with van der Waals surface area (Å²) in [7, 11) is 1.54. The van der Waals surface area contributed by atoms with Crippen LogP contribution >= 0.6 is 0 Å². The van der Waals surface area contributed by atoms with Crippen LogP contribution in [0.5, 0.6) is 0 Å². The van der Waals surface area contributed by atoms with Crippen LogP contribution < -0.4 is 5.32 Å². The number of ketones is 1. The molecule has 8 nitrogen and oxygen atoms in total. The van der Waals surface area contributed by atoms with Crippen LogP contribution in [0.2, 0.25) is 0 Å². The second kappa shape index (κ2) is 23.8. The molecule has 3 N–H and O–H groups in total. The van der Waals surface area contributed by atoms with Crippen molar-refractivity contribution in [3.63, 3.8) is 0 Å². The van der Waals surface area contributed by atoms with Crippen LogP contribution in [0.25, 0.3) is 0 Å². The Hall–Kier alpha value is -1.96. The molecule has 8 heteroatoms. The number of aliphatic carboxylic acids is 2. The molecule has 0 saturated carbocycles. The van der Waals surface area contributed by atoms with Gasteiger partial charge < -0.3 is 20.3 Å². The zero-order valence-electron chi connectivity index (χ0n) is 21.9. The van der Waals surface area contributed by atoms with E-state index in [4.69, 9.17) is 9.84 Å². The van der Waals surface area contributed by atoms with Crippen molar-refractivity contribution in [2.75, 3.05) is 20.3 Å². The van der Waals surface area contributed by atoms with Crippen molar-refractivity contribution < 1.29 is 34.1 Å². The van der Waals surface area contributed by atoms with Crippen molar-refractivity contribution in [1.82, 2.24) is 5.32 Å². The Morgan fingerprint density at radius 2 is 1.14 bits per heavy atom. The van der Waals surface area contributed by atoms with E-state index in [0.717, 1.165) is 38.5 Å². The van der Waals surface area contributed by atoms with Gasteiger partial charge in [0, 0.05) is 39.3 Å². The second-order valence-corrected chi connectivity index (χ2v) is 9.50. The summed E-state index contributed by atoms with van der Waals surface area (Å²) in [6, 6.07) is 0. The zero-order valence-corrected chi connectivity index (χ0v) is 21.9. The van der Waals surface area contributed by atoms with Crippen LogP contribution in [-0.2, 0) is 23.9 Å². The van der Waals surface area contributed by atoms with E-state index in [1.807, 2.05) is 0 Å². The van der Waals surface area contributed by atoms with Crippen molar-refractivity contribution in [2.24, 2.45) is 5.92 Å². The lowest BCUT2D eigenvalue weighted by molar-refractivity contribution is -0.144. The second-order valence-electron chi connectivity index (χ2n) is 9.50. The molecule has 0 saturated heterocycles. The molecule has 0 aromatic heterocycles. The molecule has 1 amide bonds.